The Morgan fingerprint density at radius 2 is 2.21 bits per heavy atom. The molecule has 0 bridgehead atoms. The van der Waals surface area contributed by atoms with Crippen molar-refractivity contribution in [3.63, 3.8) is 0 Å². The maximum Gasteiger partial charge on any atom is 0.0518 e. The lowest BCUT2D eigenvalue weighted by Gasteiger charge is -2.15. The van der Waals surface area contributed by atoms with Crippen LogP contribution in [0.2, 0.25) is 0 Å². The summed E-state index contributed by atoms with van der Waals surface area (Å²) in [5, 5.41) is 13.6. The van der Waals surface area contributed by atoms with E-state index in [0.29, 0.717) is 5.92 Å². The molecule has 14 heavy (non-hydrogen) atoms. The molecule has 0 saturated carbocycles. The molecule has 1 N–H and O–H groups in total. The molecule has 1 aromatic heterocycles. The molecule has 1 heterocycles. The Hall–Kier alpha value is -0.830. The summed E-state index contributed by atoms with van der Waals surface area (Å²) in [6, 6.07) is 2.04. The predicted octanol–water partition coefficient (Wildman–Crippen LogP) is 2.17. The normalized spacial score (nSPS) is 15.4. The van der Waals surface area contributed by atoms with Gasteiger partial charge in [-0.05, 0) is 25.8 Å². The first kappa shape index (κ1) is 11.2. The van der Waals surface area contributed by atoms with Gasteiger partial charge in [-0.3, -0.25) is 4.68 Å². The zero-order chi connectivity index (χ0) is 10.6. The summed E-state index contributed by atoms with van der Waals surface area (Å²) in [7, 11) is 0. The van der Waals surface area contributed by atoms with Crippen LogP contribution in [0.5, 0.6) is 0 Å². The van der Waals surface area contributed by atoms with Crippen molar-refractivity contribution in [2.45, 2.75) is 52.2 Å². The van der Waals surface area contributed by atoms with Crippen LogP contribution in [0.1, 0.15) is 45.2 Å². The van der Waals surface area contributed by atoms with Crippen molar-refractivity contribution >= 4 is 0 Å². The SMILES string of the molecule is CCCn1nccc1C(C)CC(C)O. The van der Waals surface area contributed by atoms with E-state index in [-0.39, 0.29) is 6.10 Å². The van der Waals surface area contributed by atoms with Crippen molar-refractivity contribution in [3.05, 3.63) is 18.0 Å². The van der Waals surface area contributed by atoms with E-state index < -0.39 is 0 Å². The molecule has 0 aromatic carbocycles. The second-order valence-corrected chi connectivity index (χ2v) is 3.96. The van der Waals surface area contributed by atoms with Crippen LogP contribution >= 0.6 is 0 Å². The van der Waals surface area contributed by atoms with Crippen LogP contribution in [-0.2, 0) is 6.54 Å². The number of hydrogen-bond donors (Lipinski definition) is 1. The predicted molar refractivity (Wildman–Crippen MR) is 57.2 cm³/mol. The summed E-state index contributed by atoms with van der Waals surface area (Å²) in [6.45, 7) is 7.07. The highest BCUT2D eigenvalue weighted by molar-refractivity contribution is 5.06. The van der Waals surface area contributed by atoms with Crippen molar-refractivity contribution < 1.29 is 5.11 Å². The molecule has 80 valence electrons. The van der Waals surface area contributed by atoms with Crippen molar-refractivity contribution in [1.29, 1.82) is 0 Å². The number of hydrogen-bond acceptors (Lipinski definition) is 2. The van der Waals surface area contributed by atoms with E-state index in [1.165, 1.54) is 5.69 Å². The summed E-state index contributed by atoms with van der Waals surface area (Å²) < 4.78 is 2.03. The molecule has 1 aromatic rings. The van der Waals surface area contributed by atoms with Crippen LogP contribution in [0, 0.1) is 0 Å². The standard InChI is InChI=1S/C11H20N2O/c1-4-7-13-11(5-6-12-13)9(2)8-10(3)14/h5-6,9-10,14H,4,7-8H2,1-3H3. The molecule has 0 amide bonds. The third kappa shape index (κ3) is 2.84. The Bertz CT molecular complexity index is 268. The van der Waals surface area contributed by atoms with Gasteiger partial charge in [0.2, 0.25) is 0 Å². The van der Waals surface area contributed by atoms with E-state index in [2.05, 4.69) is 18.9 Å². The number of aromatic nitrogens is 2. The van der Waals surface area contributed by atoms with Gasteiger partial charge in [0.25, 0.3) is 0 Å². The molecular weight excluding hydrogens is 176 g/mol. The van der Waals surface area contributed by atoms with Crippen LogP contribution in [0.4, 0.5) is 0 Å². The first-order valence-electron chi connectivity index (χ1n) is 5.35. The molecule has 0 aliphatic carbocycles. The molecule has 3 nitrogen and oxygen atoms in total. The number of aryl methyl sites for hydroxylation is 1. The molecule has 0 aliphatic rings. The minimum atomic E-state index is -0.241. The Morgan fingerprint density at radius 3 is 2.79 bits per heavy atom. The summed E-state index contributed by atoms with van der Waals surface area (Å²) in [4.78, 5) is 0. The third-order valence-electron chi connectivity index (χ3n) is 2.38. The monoisotopic (exact) mass is 196 g/mol. The molecule has 0 spiro atoms. The average molecular weight is 196 g/mol. The zero-order valence-electron chi connectivity index (χ0n) is 9.27. The fraction of sp³-hybridized carbons (Fsp3) is 0.727. The van der Waals surface area contributed by atoms with Crippen LogP contribution < -0.4 is 0 Å². The fourth-order valence-electron chi connectivity index (χ4n) is 1.79. The highest BCUT2D eigenvalue weighted by Crippen LogP contribution is 2.20. The second-order valence-electron chi connectivity index (χ2n) is 3.96. The third-order valence-corrected chi connectivity index (χ3v) is 2.38. The average Bonchev–Trinajstić information content (AvgIpc) is 2.51. The van der Waals surface area contributed by atoms with Crippen LogP contribution in [0.3, 0.4) is 0 Å². The molecule has 1 rings (SSSR count). The molecule has 2 atom stereocenters. The van der Waals surface area contributed by atoms with Gasteiger partial charge in [0.15, 0.2) is 0 Å². The smallest absolute Gasteiger partial charge is 0.0518 e. The van der Waals surface area contributed by atoms with Crippen molar-refractivity contribution in [3.8, 4) is 0 Å². The minimum Gasteiger partial charge on any atom is -0.393 e. The largest absolute Gasteiger partial charge is 0.393 e. The van der Waals surface area contributed by atoms with Gasteiger partial charge in [-0.2, -0.15) is 5.10 Å². The van der Waals surface area contributed by atoms with Gasteiger partial charge in [-0.15, -0.1) is 0 Å². The maximum absolute atomic E-state index is 9.31. The molecule has 0 saturated heterocycles. The minimum absolute atomic E-state index is 0.241. The summed E-state index contributed by atoms with van der Waals surface area (Å²) in [5.74, 6) is 0.379. The quantitative estimate of drug-likeness (QED) is 0.783. The van der Waals surface area contributed by atoms with Crippen LogP contribution in [0.25, 0.3) is 0 Å². The van der Waals surface area contributed by atoms with E-state index in [9.17, 15) is 5.11 Å². The Labute approximate surface area is 85.8 Å². The van der Waals surface area contributed by atoms with Gasteiger partial charge in [-0.1, -0.05) is 13.8 Å². The first-order valence-corrected chi connectivity index (χ1v) is 5.35. The van der Waals surface area contributed by atoms with Gasteiger partial charge < -0.3 is 5.11 Å². The lowest BCUT2D eigenvalue weighted by Crippen LogP contribution is -2.11. The Balaban J connectivity index is 2.68. The Morgan fingerprint density at radius 1 is 1.50 bits per heavy atom. The summed E-state index contributed by atoms with van der Waals surface area (Å²) in [6.07, 6.45) is 3.49. The number of aliphatic hydroxyl groups excluding tert-OH is 1. The molecule has 0 fully saturated rings. The molecule has 0 radical (unpaired) electrons. The van der Waals surface area contributed by atoms with Gasteiger partial charge >= 0.3 is 0 Å². The highest BCUT2D eigenvalue weighted by Gasteiger charge is 2.12. The topological polar surface area (TPSA) is 38.0 Å². The van der Waals surface area contributed by atoms with Gasteiger partial charge in [-0.25, -0.2) is 0 Å². The molecular formula is C11H20N2O. The van der Waals surface area contributed by atoms with E-state index >= 15 is 0 Å². The summed E-state index contributed by atoms with van der Waals surface area (Å²) in [5.41, 5.74) is 1.23. The number of nitrogens with zero attached hydrogens (tertiary/aromatic N) is 2. The van der Waals surface area contributed by atoms with Gasteiger partial charge in [0, 0.05) is 24.4 Å². The number of rotatable bonds is 5. The van der Waals surface area contributed by atoms with Crippen molar-refractivity contribution in [2.75, 3.05) is 0 Å². The maximum atomic E-state index is 9.31. The van der Waals surface area contributed by atoms with Crippen LogP contribution in [-0.4, -0.2) is 21.0 Å². The van der Waals surface area contributed by atoms with E-state index in [1.807, 2.05) is 23.9 Å². The zero-order valence-corrected chi connectivity index (χ0v) is 9.27. The molecule has 3 heteroatoms. The first-order chi connectivity index (χ1) is 6.65. The summed E-state index contributed by atoms with van der Waals surface area (Å²) >= 11 is 0. The highest BCUT2D eigenvalue weighted by atomic mass is 16.3. The van der Waals surface area contributed by atoms with Crippen molar-refractivity contribution in [1.82, 2.24) is 9.78 Å². The van der Waals surface area contributed by atoms with E-state index in [0.717, 1.165) is 19.4 Å². The van der Waals surface area contributed by atoms with Crippen LogP contribution in [0.15, 0.2) is 12.3 Å². The van der Waals surface area contributed by atoms with E-state index in [1.54, 1.807) is 0 Å². The number of aliphatic hydroxyl groups is 1. The van der Waals surface area contributed by atoms with Crippen molar-refractivity contribution in [2.24, 2.45) is 0 Å². The van der Waals surface area contributed by atoms with Gasteiger partial charge in [0.05, 0.1) is 6.10 Å². The lowest BCUT2D eigenvalue weighted by molar-refractivity contribution is 0.175. The van der Waals surface area contributed by atoms with E-state index in [4.69, 9.17) is 0 Å². The molecule has 0 aliphatic heterocycles. The Kier molecular flexibility index (Phi) is 4.14. The van der Waals surface area contributed by atoms with Gasteiger partial charge in [0.1, 0.15) is 0 Å². The second kappa shape index (κ2) is 5.15. The fourth-order valence-corrected chi connectivity index (χ4v) is 1.79. The molecule has 2 unspecified atom stereocenters. The lowest BCUT2D eigenvalue weighted by atomic mass is 10.0.